The van der Waals surface area contributed by atoms with Crippen molar-refractivity contribution in [2.75, 3.05) is 13.2 Å². The average molecular weight is 376 g/mol. The second-order valence-electron chi connectivity index (χ2n) is 5.40. The molecule has 1 aliphatic rings. The number of carbonyl (C=O) groups excluding carboxylic acids is 1. The summed E-state index contributed by atoms with van der Waals surface area (Å²) in [7, 11) is -8.07. The fourth-order valence-corrected chi connectivity index (χ4v) is 4.94. The maximum atomic E-state index is 12.9. The van der Waals surface area contributed by atoms with E-state index in [9.17, 15) is 21.6 Å². The second kappa shape index (κ2) is 7.18. The van der Waals surface area contributed by atoms with Crippen molar-refractivity contribution in [3.63, 3.8) is 0 Å². The van der Waals surface area contributed by atoms with Crippen molar-refractivity contribution in [2.45, 2.75) is 42.0 Å². The Morgan fingerprint density at radius 3 is 2.54 bits per heavy atom. The van der Waals surface area contributed by atoms with Gasteiger partial charge in [0.25, 0.3) is 0 Å². The van der Waals surface area contributed by atoms with Gasteiger partial charge in [0.1, 0.15) is 6.04 Å². The molecule has 8 nitrogen and oxygen atoms in total. The van der Waals surface area contributed by atoms with E-state index in [2.05, 4.69) is 0 Å². The molecule has 0 aromatic heterocycles. The van der Waals surface area contributed by atoms with Crippen molar-refractivity contribution in [2.24, 2.45) is 5.14 Å². The first kappa shape index (κ1) is 18.8. The highest BCUT2D eigenvalue weighted by atomic mass is 32.2. The van der Waals surface area contributed by atoms with Crippen LogP contribution in [0.2, 0.25) is 0 Å². The van der Waals surface area contributed by atoms with E-state index in [0.29, 0.717) is 19.3 Å². The second-order valence-corrected chi connectivity index (χ2v) is 8.85. The number of benzene rings is 1. The van der Waals surface area contributed by atoms with Crippen LogP contribution < -0.4 is 5.14 Å². The zero-order valence-corrected chi connectivity index (χ0v) is 14.8. The Bertz CT molecular complexity index is 819. The minimum absolute atomic E-state index is 0.157. The smallest absolute Gasteiger partial charge is 0.324 e. The van der Waals surface area contributed by atoms with E-state index < -0.39 is 32.1 Å². The molecule has 10 heteroatoms. The van der Waals surface area contributed by atoms with Gasteiger partial charge in [-0.05, 0) is 44.4 Å². The van der Waals surface area contributed by atoms with Crippen LogP contribution in [-0.2, 0) is 29.6 Å². The van der Waals surface area contributed by atoms with Gasteiger partial charge >= 0.3 is 5.97 Å². The summed E-state index contributed by atoms with van der Waals surface area (Å²) in [6.07, 6.45) is 1.70. The number of sulfonamides is 2. The number of ether oxygens (including phenoxy) is 1. The Kier molecular flexibility index (Phi) is 5.63. The lowest BCUT2D eigenvalue weighted by atomic mass is 10.1. The quantitative estimate of drug-likeness (QED) is 0.744. The van der Waals surface area contributed by atoms with Crippen LogP contribution in [0.15, 0.2) is 34.1 Å². The third kappa shape index (κ3) is 3.94. The van der Waals surface area contributed by atoms with Crippen molar-refractivity contribution in [3.05, 3.63) is 24.3 Å². The van der Waals surface area contributed by atoms with Gasteiger partial charge in [0.2, 0.25) is 20.0 Å². The van der Waals surface area contributed by atoms with Crippen LogP contribution in [0.5, 0.6) is 0 Å². The third-order valence-corrected chi connectivity index (χ3v) is 6.57. The van der Waals surface area contributed by atoms with Crippen LogP contribution in [0.4, 0.5) is 0 Å². The summed E-state index contributed by atoms with van der Waals surface area (Å²) < 4.78 is 54.7. The highest BCUT2D eigenvalue weighted by Crippen LogP contribution is 2.27. The van der Waals surface area contributed by atoms with Crippen molar-refractivity contribution >= 4 is 26.0 Å². The third-order valence-electron chi connectivity index (χ3n) is 3.75. The molecule has 0 spiro atoms. The molecule has 0 bridgehead atoms. The molecule has 1 aromatic carbocycles. The highest BCUT2D eigenvalue weighted by molar-refractivity contribution is 7.90. The average Bonchev–Trinajstić information content (AvgIpc) is 2.54. The molecule has 1 aliphatic heterocycles. The predicted octanol–water partition coefficient (Wildman–Crippen LogP) is 0.440. The lowest BCUT2D eigenvalue weighted by molar-refractivity contribution is -0.148. The summed E-state index contributed by atoms with van der Waals surface area (Å²) in [5.74, 6) is -0.594. The molecular weight excluding hydrogens is 356 g/mol. The molecule has 2 rings (SSSR count). The molecule has 1 aromatic rings. The molecule has 134 valence electrons. The van der Waals surface area contributed by atoms with Gasteiger partial charge in [-0.15, -0.1) is 0 Å². The molecule has 0 aliphatic carbocycles. The van der Waals surface area contributed by atoms with Gasteiger partial charge in [-0.1, -0.05) is 6.07 Å². The van der Waals surface area contributed by atoms with Crippen molar-refractivity contribution in [3.8, 4) is 0 Å². The molecule has 1 atom stereocenters. The molecule has 1 heterocycles. The number of nitrogens with two attached hydrogens (primary N) is 1. The first-order chi connectivity index (χ1) is 11.2. The maximum absolute atomic E-state index is 12.9. The molecule has 1 fully saturated rings. The SMILES string of the molecule is CCOC(=O)C1CCCCN1S(=O)(=O)c1cccc(S(N)(=O)=O)c1. The normalized spacial score (nSPS) is 19.8. The Labute approximate surface area is 141 Å². The van der Waals surface area contributed by atoms with E-state index in [-0.39, 0.29) is 22.9 Å². The summed E-state index contributed by atoms with van der Waals surface area (Å²) in [6, 6.07) is 3.90. The van der Waals surface area contributed by atoms with E-state index >= 15 is 0 Å². The Morgan fingerprint density at radius 2 is 1.92 bits per heavy atom. The topological polar surface area (TPSA) is 124 Å². The molecule has 24 heavy (non-hydrogen) atoms. The number of piperidine rings is 1. The Balaban J connectivity index is 2.42. The first-order valence-corrected chi connectivity index (χ1v) is 10.5. The van der Waals surface area contributed by atoms with Crippen molar-refractivity contribution in [1.82, 2.24) is 4.31 Å². The minimum atomic E-state index is -4.04. The monoisotopic (exact) mass is 376 g/mol. The van der Waals surface area contributed by atoms with Gasteiger partial charge in [0, 0.05) is 6.54 Å². The summed E-state index contributed by atoms with van der Waals surface area (Å²) in [6.45, 7) is 1.98. The minimum Gasteiger partial charge on any atom is -0.465 e. The number of hydrogen-bond acceptors (Lipinski definition) is 6. The van der Waals surface area contributed by atoms with Crippen LogP contribution >= 0.6 is 0 Å². The number of hydrogen-bond donors (Lipinski definition) is 1. The van der Waals surface area contributed by atoms with E-state index in [1.807, 2.05) is 0 Å². The molecule has 0 radical (unpaired) electrons. The van der Waals surface area contributed by atoms with E-state index in [1.165, 1.54) is 18.2 Å². The van der Waals surface area contributed by atoms with Gasteiger partial charge < -0.3 is 4.74 Å². The number of rotatable bonds is 5. The fourth-order valence-electron chi connectivity index (χ4n) is 2.61. The highest BCUT2D eigenvalue weighted by Gasteiger charge is 2.38. The number of esters is 1. The summed E-state index contributed by atoms with van der Waals surface area (Å²) in [5.41, 5.74) is 0. The fraction of sp³-hybridized carbons (Fsp3) is 0.500. The Morgan fingerprint density at radius 1 is 1.25 bits per heavy atom. The molecule has 1 saturated heterocycles. The van der Waals surface area contributed by atoms with Crippen LogP contribution in [0.1, 0.15) is 26.2 Å². The van der Waals surface area contributed by atoms with Gasteiger partial charge in [-0.25, -0.2) is 22.0 Å². The molecule has 0 amide bonds. The van der Waals surface area contributed by atoms with Crippen LogP contribution in [0.3, 0.4) is 0 Å². The first-order valence-electron chi connectivity index (χ1n) is 7.49. The van der Waals surface area contributed by atoms with E-state index in [4.69, 9.17) is 9.88 Å². The van der Waals surface area contributed by atoms with Gasteiger partial charge in [-0.3, -0.25) is 4.79 Å². The van der Waals surface area contributed by atoms with Gasteiger partial charge in [-0.2, -0.15) is 4.31 Å². The molecular formula is C14H20N2O6S2. The summed E-state index contributed by atoms with van der Waals surface area (Å²) in [4.78, 5) is 11.6. The predicted molar refractivity (Wildman–Crippen MR) is 86.0 cm³/mol. The molecule has 2 N–H and O–H groups in total. The lowest BCUT2D eigenvalue weighted by Crippen LogP contribution is -2.48. The van der Waals surface area contributed by atoms with Gasteiger partial charge in [0.15, 0.2) is 0 Å². The lowest BCUT2D eigenvalue weighted by Gasteiger charge is -2.32. The number of nitrogens with zero attached hydrogens (tertiary/aromatic N) is 1. The zero-order chi connectivity index (χ0) is 18.0. The molecule has 0 saturated carbocycles. The Hall–Kier alpha value is -1.49. The zero-order valence-electron chi connectivity index (χ0n) is 13.2. The van der Waals surface area contributed by atoms with E-state index in [0.717, 1.165) is 10.4 Å². The van der Waals surface area contributed by atoms with E-state index in [1.54, 1.807) is 6.92 Å². The standard InChI is InChI=1S/C14H20N2O6S2/c1-2-22-14(17)13-8-3-4-9-16(13)24(20,21)12-7-5-6-11(10-12)23(15,18)19/h5-7,10,13H,2-4,8-9H2,1H3,(H2,15,18,19). The van der Waals surface area contributed by atoms with Crippen molar-refractivity contribution < 1.29 is 26.4 Å². The van der Waals surface area contributed by atoms with Gasteiger partial charge in [0.05, 0.1) is 16.4 Å². The summed E-state index contributed by atoms with van der Waals surface area (Å²) >= 11 is 0. The largest absolute Gasteiger partial charge is 0.465 e. The molecule has 1 unspecified atom stereocenters. The van der Waals surface area contributed by atoms with Crippen LogP contribution in [0.25, 0.3) is 0 Å². The van der Waals surface area contributed by atoms with Crippen LogP contribution in [-0.4, -0.2) is 46.3 Å². The summed E-state index contributed by atoms with van der Waals surface area (Å²) in [5, 5.41) is 5.05. The number of carbonyl (C=O) groups is 1. The van der Waals surface area contributed by atoms with Crippen molar-refractivity contribution in [1.29, 1.82) is 0 Å². The maximum Gasteiger partial charge on any atom is 0.324 e. The van der Waals surface area contributed by atoms with Crippen LogP contribution in [0, 0.1) is 0 Å². The number of primary sulfonamides is 1.